The highest BCUT2D eigenvalue weighted by Crippen LogP contribution is 2.43. The minimum atomic E-state index is 0.858. The Morgan fingerprint density at radius 1 is 0.386 bits per heavy atom. The molecule has 0 aliphatic rings. The van der Waals surface area contributed by atoms with Crippen molar-refractivity contribution in [3.05, 3.63) is 194 Å². The maximum absolute atomic E-state index is 6.33. The predicted molar refractivity (Wildman–Crippen MR) is 240 cm³/mol. The number of pyridine rings is 1. The molecule has 12 rings (SSSR count). The van der Waals surface area contributed by atoms with Gasteiger partial charge in [0.1, 0.15) is 11.2 Å². The van der Waals surface area contributed by atoms with Crippen LogP contribution in [0.1, 0.15) is 0 Å². The van der Waals surface area contributed by atoms with Gasteiger partial charge in [-0.25, -0.2) is 4.98 Å². The van der Waals surface area contributed by atoms with Crippen molar-refractivity contribution in [1.82, 2.24) is 9.55 Å². The zero-order valence-electron chi connectivity index (χ0n) is 30.7. The fraction of sp³-hybridized carbons (Fsp3) is 0. The number of fused-ring (bicyclic) bond motifs is 10. The van der Waals surface area contributed by atoms with Gasteiger partial charge in [0.15, 0.2) is 0 Å². The number of hydrogen-bond acceptors (Lipinski definition) is 3. The highest BCUT2D eigenvalue weighted by atomic mass is 32.1. The van der Waals surface area contributed by atoms with Crippen molar-refractivity contribution in [2.75, 3.05) is 0 Å². The second kappa shape index (κ2) is 12.6. The van der Waals surface area contributed by atoms with E-state index in [-0.39, 0.29) is 0 Å². The van der Waals surface area contributed by atoms with Gasteiger partial charge in [-0.3, -0.25) is 0 Å². The lowest BCUT2D eigenvalue weighted by Gasteiger charge is -2.13. The SMILES string of the molecule is c1ccc(-c2cccc(-c3cc(-c4ccc(-n5c6ccccc6c6c7sc8ccccc8c7ccc65)cc4)nc(-c4ccc5c(c4)oc4ccccc45)c3)c2)cc1. The van der Waals surface area contributed by atoms with E-state index in [0.717, 1.165) is 61.3 Å². The first-order valence-electron chi connectivity index (χ1n) is 19.3. The first kappa shape index (κ1) is 32.0. The third-order valence-corrected chi connectivity index (χ3v) is 12.6. The van der Waals surface area contributed by atoms with Crippen molar-refractivity contribution in [2.24, 2.45) is 0 Å². The summed E-state index contributed by atoms with van der Waals surface area (Å²) in [5.41, 5.74) is 13.8. The molecule has 0 saturated heterocycles. The van der Waals surface area contributed by atoms with Gasteiger partial charge in [0.25, 0.3) is 0 Å². The molecule has 266 valence electrons. The minimum Gasteiger partial charge on any atom is -0.456 e. The maximum atomic E-state index is 6.33. The first-order chi connectivity index (χ1) is 28.2. The van der Waals surface area contributed by atoms with Gasteiger partial charge in [-0.1, -0.05) is 127 Å². The molecule has 0 amide bonds. The molecule has 0 spiro atoms. The summed E-state index contributed by atoms with van der Waals surface area (Å²) >= 11 is 1.89. The fourth-order valence-electron chi connectivity index (χ4n) is 8.68. The number of rotatable bonds is 5. The molecule has 0 N–H and O–H groups in total. The highest BCUT2D eigenvalue weighted by molar-refractivity contribution is 7.26. The molecule has 0 fully saturated rings. The molecule has 4 aromatic heterocycles. The van der Waals surface area contributed by atoms with E-state index in [2.05, 4.69) is 187 Å². The molecule has 0 unspecified atom stereocenters. The number of benzene rings is 8. The minimum absolute atomic E-state index is 0.858. The summed E-state index contributed by atoms with van der Waals surface area (Å²) in [7, 11) is 0. The molecule has 8 aromatic carbocycles. The molecule has 57 heavy (non-hydrogen) atoms. The average Bonchev–Trinajstić information content (AvgIpc) is 3.96. The number of para-hydroxylation sites is 2. The molecular weight excluding hydrogens is 713 g/mol. The van der Waals surface area contributed by atoms with E-state index in [9.17, 15) is 0 Å². The Balaban J connectivity index is 1.01. The van der Waals surface area contributed by atoms with Crippen LogP contribution >= 0.6 is 11.3 Å². The van der Waals surface area contributed by atoms with Gasteiger partial charge in [-0.15, -0.1) is 11.3 Å². The molecular formula is C53H32N2OS. The quantitative estimate of drug-likeness (QED) is 0.176. The van der Waals surface area contributed by atoms with E-state index in [1.165, 1.54) is 53.1 Å². The molecule has 0 aliphatic heterocycles. The van der Waals surface area contributed by atoms with E-state index < -0.39 is 0 Å². The van der Waals surface area contributed by atoms with Crippen LogP contribution in [-0.4, -0.2) is 9.55 Å². The lowest BCUT2D eigenvalue weighted by Crippen LogP contribution is -1.95. The number of thiophene rings is 1. The third-order valence-electron chi connectivity index (χ3n) is 11.4. The van der Waals surface area contributed by atoms with Gasteiger partial charge in [0, 0.05) is 58.5 Å². The largest absolute Gasteiger partial charge is 0.456 e. The van der Waals surface area contributed by atoms with E-state index in [0.29, 0.717) is 0 Å². The second-order valence-corrected chi connectivity index (χ2v) is 15.8. The number of furan rings is 1. The number of aromatic nitrogens is 2. The van der Waals surface area contributed by atoms with Crippen molar-refractivity contribution in [1.29, 1.82) is 0 Å². The molecule has 0 aliphatic carbocycles. The topological polar surface area (TPSA) is 31.0 Å². The molecule has 4 heteroatoms. The summed E-state index contributed by atoms with van der Waals surface area (Å²) in [6, 6.07) is 69.5. The van der Waals surface area contributed by atoms with E-state index in [1.807, 2.05) is 23.5 Å². The summed E-state index contributed by atoms with van der Waals surface area (Å²) in [5.74, 6) is 0. The van der Waals surface area contributed by atoms with Crippen LogP contribution < -0.4 is 0 Å². The van der Waals surface area contributed by atoms with Crippen LogP contribution in [0.15, 0.2) is 199 Å². The van der Waals surface area contributed by atoms with Crippen molar-refractivity contribution in [3.63, 3.8) is 0 Å². The van der Waals surface area contributed by atoms with E-state index in [1.54, 1.807) is 0 Å². The summed E-state index contributed by atoms with van der Waals surface area (Å²) in [4.78, 5) is 5.34. The number of hydrogen-bond donors (Lipinski definition) is 0. The van der Waals surface area contributed by atoms with Crippen LogP contribution in [0.2, 0.25) is 0 Å². The summed E-state index contributed by atoms with van der Waals surface area (Å²) in [6.07, 6.45) is 0. The molecule has 0 atom stereocenters. The monoisotopic (exact) mass is 744 g/mol. The smallest absolute Gasteiger partial charge is 0.136 e. The molecule has 0 radical (unpaired) electrons. The Morgan fingerprint density at radius 2 is 1.04 bits per heavy atom. The summed E-state index contributed by atoms with van der Waals surface area (Å²) in [6.45, 7) is 0. The maximum Gasteiger partial charge on any atom is 0.136 e. The lowest BCUT2D eigenvalue weighted by atomic mass is 9.96. The van der Waals surface area contributed by atoms with E-state index in [4.69, 9.17) is 9.40 Å². The van der Waals surface area contributed by atoms with Gasteiger partial charge in [-0.2, -0.15) is 0 Å². The van der Waals surface area contributed by atoms with Crippen LogP contribution in [0, 0.1) is 0 Å². The van der Waals surface area contributed by atoms with Crippen molar-refractivity contribution in [2.45, 2.75) is 0 Å². The molecule has 0 saturated carbocycles. The zero-order valence-corrected chi connectivity index (χ0v) is 31.5. The summed E-state index contributed by atoms with van der Waals surface area (Å²) in [5, 5.41) is 7.44. The van der Waals surface area contributed by atoms with Gasteiger partial charge in [-0.05, 0) is 89.0 Å². The van der Waals surface area contributed by atoms with Crippen LogP contribution in [-0.2, 0) is 0 Å². The summed E-state index contributed by atoms with van der Waals surface area (Å²) < 4.78 is 11.4. The zero-order chi connectivity index (χ0) is 37.5. The Labute approximate surface area is 332 Å². The number of nitrogens with zero attached hydrogens (tertiary/aromatic N) is 2. The Kier molecular flexibility index (Phi) is 7.10. The van der Waals surface area contributed by atoms with E-state index >= 15 is 0 Å². The molecule has 0 bridgehead atoms. The van der Waals surface area contributed by atoms with Gasteiger partial charge in [0.05, 0.1) is 22.4 Å². The first-order valence-corrected chi connectivity index (χ1v) is 20.1. The molecule has 3 nitrogen and oxygen atoms in total. The molecule has 12 aromatic rings. The van der Waals surface area contributed by atoms with Crippen molar-refractivity contribution >= 4 is 75.3 Å². The second-order valence-electron chi connectivity index (χ2n) is 14.7. The van der Waals surface area contributed by atoms with Crippen molar-refractivity contribution < 1.29 is 4.42 Å². The van der Waals surface area contributed by atoms with Gasteiger partial charge < -0.3 is 8.98 Å². The lowest BCUT2D eigenvalue weighted by molar-refractivity contribution is 0.669. The standard InChI is InChI=1S/C53H32N2OS/c1-2-11-33(12-3-1)35-13-10-14-36(29-35)38-30-45(54-46(31-38)37-23-26-41-40-15-5-8-19-49(40)56-50(41)32-37)34-21-24-39(25-22-34)55-47-18-7-4-17-44(47)52-48(55)28-27-43-42-16-6-9-20-51(42)57-53(43)52/h1-32H. The van der Waals surface area contributed by atoms with Gasteiger partial charge in [0.2, 0.25) is 0 Å². The Hall–Kier alpha value is -7.27. The van der Waals surface area contributed by atoms with Crippen LogP contribution in [0.4, 0.5) is 0 Å². The Morgan fingerprint density at radius 3 is 1.89 bits per heavy atom. The van der Waals surface area contributed by atoms with Crippen LogP contribution in [0.25, 0.3) is 114 Å². The molecule has 4 heterocycles. The average molecular weight is 745 g/mol. The normalized spacial score (nSPS) is 11.9. The highest BCUT2D eigenvalue weighted by Gasteiger charge is 2.18. The predicted octanol–water partition coefficient (Wildman–Crippen LogP) is 15.1. The van der Waals surface area contributed by atoms with Gasteiger partial charge >= 0.3 is 0 Å². The third kappa shape index (κ3) is 5.15. The van der Waals surface area contributed by atoms with Crippen molar-refractivity contribution in [3.8, 4) is 50.5 Å². The van der Waals surface area contributed by atoms with Crippen LogP contribution in [0.3, 0.4) is 0 Å². The Bertz CT molecular complexity index is 3520. The van der Waals surface area contributed by atoms with Crippen LogP contribution in [0.5, 0.6) is 0 Å². The fourth-order valence-corrected chi connectivity index (χ4v) is 9.94.